The number of rotatable bonds is 4. The molecule has 1 fully saturated rings. The lowest BCUT2D eigenvalue weighted by Crippen LogP contribution is -2.33. The normalized spacial score (nSPS) is 20.8. The quantitative estimate of drug-likeness (QED) is 0.785. The van der Waals surface area contributed by atoms with Gasteiger partial charge in [-0.15, -0.1) is 0 Å². The first-order valence-electron chi connectivity index (χ1n) is 6.87. The van der Waals surface area contributed by atoms with E-state index in [-0.39, 0.29) is 23.8 Å². The van der Waals surface area contributed by atoms with E-state index in [1.165, 1.54) is 6.92 Å². The summed E-state index contributed by atoms with van der Waals surface area (Å²) in [5, 5.41) is 14.4. The number of carbonyl (C=O) groups excluding carboxylic acids is 2. The average Bonchev–Trinajstić information content (AvgIpc) is 2.87. The van der Waals surface area contributed by atoms with E-state index in [2.05, 4.69) is 10.6 Å². The molecule has 1 aromatic carbocycles. The number of hydrogen-bond donors (Lipinski definition) is 3. The molecule has 0 bridgehead atoms. The Kier molecular flexibility index (Phi) is 4.57. The van der Waals surface area contributed by atoms with Crippen LogP contribution in [0.15, 0.2) is 24.3 Å². The number of aliphatic carboxylic acids is 1. The number of hydrogen-bond acceptors (Lipinski definition) is 3. The smallest absolute Gasteiger partial charge is 0.306 e. The molecule has 6 nitrogen and oxygen atoms in total. The number of carboxylic acids is 1. The van der Waals surface area contributed by atoms with Gasteiger partial charge < -0.3 is 15.7 Å². The van der Waals surface area contributed by atoms with E-state index in [9.17, 15) is 14.4 Å². The van der Waals surface area contributed by atoms with E-state index in [4.69, 9.17) is 5.11 Å². The lowest BCUT2D eigenvalue weighted by Gasteiger charge is -2.12. The van der Waals surface area contributed by atoms with Crippen molar-refractivity contribution in [2.75, 3.05) is 5.32 Å². The van der Waals surface area contributed by atoms with Crippen LogP contribution in [0.3, 0.4) is 0 Å². The van der Waals surface area contributed by atoms with Gasteiger partial charge in [0, 0.05) is 24.2 Å². The van der Waals surface area contributed by atoms with E-state index in [0.717, 1.165) is 0 Å². The lowest BCUT2D eigenvalue weighted by molar-refractivity contribution is -0.141. The summed E-state index contributed by atoms with van der Waals surface area (Å²) in [6, 6.07) is 6.48. The summed E-state index contributed by atoms with van der Waals surface area (Å²) in [5.74, 6) is -1.55. The molecule has 6 heteroatoms. The highest BCUT2D eigenvalue weighted by atomic mass is 16.4. The van der Waals surface area contributed by atoms with Crippen LogP contribution in [0.5, 0.6) is 0 Å². The molecular formula is C15H18N2O4. The van der Waals surface area contributed by atoms with E-state index in [0.29, 0.717) is 30.5 Å². The zero-order valence-electron chi connectivity index (χ0n) is 11.8. The molecule has 0 radical (unpaired) electrons. The molecule has 1 aromatic rings. The molecule has 0 heterocycles. The maximum Gasteiger partial charge on any atom is 0.306 e. The molecule has 1 aliphatic carbocycles. The van der Waals surface area contributed by atoms with E-state index in [1.807, 2.05) is 0 Å². The van der Waals surface area contributed by atoms with Crippen LogP contribution in [0, 0.1) is 5.92 Å². The summed E-state index contributed by atoms with van der Waals surface area (Å²) in [4.78, 5) is 33.9. The second-order valence-electron chi connectivity index (χ2n) is 5.28. The number of benzene rings is 1. The number of anilines is 1. The van der Waals surface area contributed by atoms with Gasteiger partial charge in [-0.1, -0.05) is 0 Å². The second-order valence-corrected chi connectivity index (χ2v) is 5.28. The molecule has 2 atom stereocenters. The van der Waals surface area contributed by atoms with Crippen molar-refractivity contribution in [1.82, 2.24) is 5.32 Å². The topological polar surface area (TPSA) is 95.5 Å². The summed E-state index contributed by atoms with van der Waals surface area (Å²) in [7, 11) is 0. The Morgan fingerprint density at radius 1 is 1.14 bits per heavy atom. The number of carbonyl (C=O) groups is 3. The summed E-state index contributed by atoms with van der Waals surface area (Å²) >= 11 is 0. The Bertz CT molecular complexity index is 553. The monoisotopic (exact) mass is 290 g/mol. The Labute approximate surface area is 122 Å². The highest BCUT2D eigenvalue weighted by Gasteiger charge is 2.30. The molecule has 0 saturated heterocycles. The fourth-order valence-electron chi connectivity index (χ4n) is 2.51. The third kappa shape index (κ3) is 4.05. The van der Waals surface area contributed by atoms with Gasteiger partial charge in [0.15, 0.2) is 0 Å². The van der Waals surface area contributed by atoms with Gasteiger partial charge >= 0.3 is 5.97 Å². The maximum absolute atomic E-state index is 12.1. The predicted molar refractivity (Wildman–Crippen MR) is 77.0 cm³/mol. The van der Waals surface area contributed by atoms with Crippen molar-refractivity contribution in [3.05, 3.63) is 29.8 Å². The minimum Gasteiger partial charge on any atom is -0.481 e. The average molecular weight is 290 g/mol. The van der Waals surface area contributed by atoms with Crippen LogP contribution in [0.4, 0.5) is 5.69 Å². The number of carboxylic acid groups (broad SMARTS) is 1. The summed E-state index contributed by atoms with van der Waals surface area (Å²) < 4.78 is 0. The molecule has 1 aliphatic rings. The lowest BCUT2D eigenvalue weighted by atomic mass is 10.1. The molecule has 0 spiro atoms. The maximum atomic E-state index is 12.1. The largest absolute Gasteiger partial charge is 0.481 e. The van der Waals surface area contributed by atoms with Crippen molar-refractivity contribution >= 4 is 23.5 Å². The van der Waals surface area contributed by atoms with Crippen molar-refractivity contribution in [1.29, 1.82) is 0 Å². The molecule has 2 rings (SSSR count). The molecule has 0 unspecified atom stereocenters. The van der Waals surface area contributed by atoms with Gasteiger partial charge in [-0.2, -0.15) is 0 Å². The summed E-state index contributed by atoms with van der Waals surface area (Å²) in [6.07, 6.45) is 1.76. The van der Waals surface area contributed by atoms with Crippen molar-refractivity contribution in [3.63, 3.8) is 0 Å². The van der Waals surface area contributed by atoms with Crippen molar-refractivity contribution in [3.8, 4) is 0 Å². The summed E-state index contributed by atoms with van der Waals surface area (Å²) in [5.41, 5.74) is 1.12. The van der Waals surface area contributed by atoms with Crippen LogP contribution >= 0.6 is 0 Å². The van der Waals surface area contributed by atoms with Gasteiger partial charge in [0.2, 0.25) is 5.91 Å². The molecule has 0 aromatic heterocycles. The fourth-order valence-corrected chi connectivity index (χ4v) is 2.51. The van der Waals surface area contributed by atoms with E-state index in [1.54, 1.807) is 24.3 Å². The zero-order chi connectivity index (χ0) is 15.4. The predicted octanol–water partition coefficient (Wildman–Crippen LogP) is 1.63. The molecule has 0 aliphatic heterocycles. The standard InChI is InChI=1S/C15H18N2O4/c1-9(18)16-12-5-2-10(3-6-12)14(19)17-13-7-4-11(8-13)15(20)21/h2-3,5-6,11,13H,4,7-8H2,1H3,(H,16,18)(H,17,19)(H,20,21)/t11-,13+/m1/s1. The number of nitrogens with one attached hydrogen (secondary N) is 2. The van der Waals surface area contributed by atoms with Crippen molar-refractivity contribution < 1.29 is 19.5 Å². The molecule has 2 amide bonds. The second kappa shape index (κ2) is 6.39. The first kappa shape index (κ1) is 15.0. The van der Waals surface area contributed by atoms with Gasteiger partial charge in [0.25, 0.3) is 5.91 Å². The van der Waals surface area contributed by atoms with Crippen LogP contribution in [-0.4, -0.2) is 28.9 Å². The highest BCUT2D eigenvalue weighted by molar-refractivity contribution is 5.95. The molecule has 21 heavy (non-hydrogen) atoms. The fraction of sp³-hybridized carbons (Fsp3) is 0.400. The minimum atomic E-state index is -0.800. The van der Waals surface area contributed by atoms with Gasteiger partial charge in [0.05, 0.1) is 5.92 Å². The van der Waals surface area contributed by atoms with Crippen molar-refractivity contribution in [2.24, 2.45) is 5.92 Å². The summed E-state index contributed by atoms with van der Waals surface area (Å²) in [6.45, 7) is 1.42. The Morgan fingerprint density at radius 2 is 1.81 bits per heavy atom. The van der Waals surface area contributed by atoms with E-state index < -0.39 is 5.97 Å². The van der Waals surface area contributed by atoms with Crippen LogP contribution in [0.2, 0.25) is 0 Å². The SMILES string of the molecule is CC(=O)Nc1ccc(C(=O)N[C@H]2CC[C@@H](C(=O)O)C2)cc1. The minimum absolute atomic E-state index is 0.0892. The zero-order valence-corrected chi connectivity index (χ0v) is 11.8. The van der Waals surface area contributed by atoms with Crippen LogP contribution in [0.1, 0.15) is 36.5 Å². The first-order valence-corrected chi connectivity index (χ1v) is 6.87. The third-order valence-electron chi connectivity index (χ3n) is 3.58. The first-order chi connectivity index (χ1) is 9.95. The van der Waals surface area contributed by atoms with Gasteiger partial charge in [-0.25, -0.2) is 0 Å². The van der Waals surface area contributed by atoms with E-state index >= 15 is 0 Å². The third-order valence-corrected chi connectivity index (χ3v) is 3.58. The molecular weight excluding hydrogens is 272 g/mol. The van der Waals surface area contributed by atoms with Crippen LogP contribution in [-0.2, 0) is 9.59 Å². The Balaban J connectivity index is 1.92. The van der Waals surface area contributed by atoms with Crippen LogP contribution < -0.4 is 10.6 Å². The van der Waals surface area contributed by atoms with Crippen LogP contribution in [0.25, 0.3) is 0 Å². The molecule has 3 N–H and O–H groups in total. The van der Waals surface area contributed by atoms with Gasteiger partial charge in [0.1, 0.15) is 0 Å². The molecule has 1 saturated carbocycles. The highest BCUT2D eigenvalue weighted by Crippen LogP contribution is 2.25. The Hall–Kier alpha value is -2.37. The number of amides is 2. The van der Waals surface area contributed by atoms with Gasteiger partial charge in [-0.05, 0) is 43.5 Å². The molecule has 112 valence electrons. The van der Waals surface area contributed by atoms with Gasteiger partial charge in [-0.3, -0.25) is 14.4 Å². The van der Waals surface area contributed by atoms with Crippen molar-refractivity contribution in [2.45, 2.75) is 32.2 Å². The Morgan fingerprint density at radius 3 is 2.33 bits per heavy atom.